The summed E-state index contributed by atoms with van der Waals surface area (Å²) in [6, 6.07) is 15.8. The normalized spacial score (nSPS) is 14.5. The van der Waals surface area contributed by atoms with Gasteiger partial charge >= 0.3 is 0 Å². The Labute approximate surface area is 150 Å². The maximum absolute atomic E-state index is 6.02. The predicted molar refractivity (Wildman–Crippen MR) is 99.6 cm³/mol. The summed E-state index contributed by atoms with van der Waals surface area (Å²) >= 11 is 6.02. The number of nitrogens with zero attached hydrogens (tertiary/aromatic N) is 3. The molecule has 1 aromatic heterocycles. The van der Waals surface area contributed by atoms with Crippen molar-refractivity contribution in [1.29, 1.82) is 0 Å². The summed E-state index contributed by atoms with van der Waals surface area (Å²) in [6.07, 6.45) is 0. The van der Waals surface area contributed by atoms with Crippen molar-refractivity contribution in [3.05, 3.63) is 53.6 Å². The molecule has 0 bridgehead atoms. The van der Waals surface area contributed by atoms with E-state index in [2.05, 4.69) is 37.5 Å². The minimum atomic E-state index is 0.522. The van der Waals surface area contributed by atoms with Crippen LogP contribution in [0.4, 0.5) is 17.3 Å². The van der Waals surface area contributed by atoms with E-state index >= 15 is 0 Å². The van der Waals surface area contributed by atoms with Gasteiger partial charge in [0.25, 0.3) is 0 Å². The number of benzene rings is 2. The van der Waals surface area contributed by atoms with Crippen molar-refractivity contribution < 1.29 is 4.74 Å². The summed E-state index contributed by atoms with van der Waals surface area (Å²) in [7, 11) is 0. The lowest BCUT2D eigenvalue weighted by molar-refractivity contribution is 0.122. The van der Waals surface area contributed by atoms with Gasteiger partial charge in [0.15, 0.2) is 5.82 Å². The molecule has 0 amide bonds. The van der Waals surface area contributed by atoms with E-state index < -0.39 is 0 Å². The van der Waals surface area contributed by atoms with Crippen LogP contribution in [0.25, 0.3) is 11.4 Å². The molecule has 4 rings (SSSR count). The molecule has 1 saturated heterocycles. The van der Waals surface area contributed by atoms with Crippen LogP contribution >= 0.6 is 11.6 Å². The first-order valence-corrected chi connectivity index (χ1v) is 8.54. The highest BCUT2D eigenvalue weighted by molar-refractivity contribution is 6.30. The summed E-state index contributed by atoms with van der Waals surface area (Å²) in [5.41, 5.74) is 3.04. The second-order valence-corrected chi connectivity index (χ2v) is 6.23. The molecule has 1 aliphatic rings. The van der Waals surface area contributed by atoms with Crippen LogP contribution in [0.3, 0.4) is 0 Å². The molecule has 25 heavy (non-hydrogen) atoms. The Bertz CT molecular complexity index is 843. The smallest absolute Gasteiger partial charge is 0.246 e. The van der Waals surface area contributed by atoms with E-state index in [4.69, 9.17) is 16.3 Å². The Balaban J connectivity index is 1.45. The van der Waals surface area contributed by atoms with Gasteiger partial charge in [0.05, 0.1) is 13.2 Å². The van der Waals surface area contributed by atoms with Crippen molar-refractivity contribution in [2.75, 3.05) is 36.5 Å². The van der Waals surface area contributed by atoms with Crippen LogP contribution in [0.15, 0.2) is 48.5 Å². The number of halogens is 1. The fourth-order valence-electron chi connectivity index (χ4n) is 2.79. The maximum Gasteiger partial charge on any atom is 0.246 e. The van der Waals surface area contributed by atoms with Crippen LogP contribution in [-0.4, -0.2) is 41.5 Å². The quantitative estimate of drug-likeness (QED) is 0.747. The third-order valence-corrected chi connectivity index (χ3v) is 4.32. The predicted octanol–water partition coefficient (Wildman–Crippen LogP) is 3.71. The Kier molecular flexibility index (Phi) is 4.54. The van der Waals surface area contributed by atoms with Gasteiger partial charge < -0.3 is 15.0 Å². The van der Waals surface area contributed by atoms with Gasteiger partial charge in [-0.05, 0) is 36.4 Å². The largest absolute Gasteiger partial charge is 0.378 e. The lowest BCUT2D eigenvalue weighted by Crippen LogP contribution is -2.36. The van der Waals surface area contributed by atoms with Gasteiger partial charge in [-0.1, -0.05) is 23.7 Å². The maximum atomic E-state index is 6.02. The summed E-state index contributed by atoms with van der Waals surface area (Å²) < 4.78 is 5.39. The summed E-state index contributed by atoms with van der Waals surface area (Å²) in [5, 5.41) is 11.0. The standard InChI is InChI=1S/C18H18ClN5O/c19-14-3-1-2-13(12-14)17-21-18(23-22-17)20-15-4-6-16(7-5-15)24-8-10-25-11-9-24/h1-7,12H,8-11H2,(H2,20,21,22,23). The van der Waals surface area contributed by atoms with Gasteiger partial charge in [-0.2, -0.15) is 4.98 Å². The Morgan fingerprint density at radius 2 is 1.88 bits per heavy atom. The number of anilines is 3. The summed E-state index contributed by atoms with van der Waals surface area (Å²) in [5.74, 6) is 1.20. The third kappa shape index (κ3) is 3.75. The average molecular weight is 356 g/mol. The lowest BCUT2D eigenvalue weighted by atomic mass is 10.2. The SMILES string of the molecule is Clc1cccc(-c2nc(Nc3ccc(N4CCOCC4)cc3)n[nH]2)c1. The second-order valence-electron chi connectivity index (χ2n) is 5.79. The molecular weight excluding hydrogens is 338 g/mol. The summed E-state index contributed by atoms with van der Waals surface area (Å²) in [6.45, 7) is 3.42. The van der Waals surface area contributed by atoms with Gasteiger partial charge in [0.2, 0.25) is 5.95 Å². The van der Waals surface area contributed by atoms with Crippen LogP contribution in [0.5, 0.6) is 0 Å². The zero-order chi connectivity index (χ0) is 17.1. The van der Waals surface area contributed by atoms with E-state index in [0.29, 0.717) is 16.8 Å². The number of morpholine rings is 1. The van der Waals surface area contributed by atoms with E-state index in [9.17, 15) is 0 Å². The van der Waals surface area contributed by atoms with Crippen molar-refractivity contribution in [3.8, 4) is 11.4 Å². The molecular formula is C18H18ClN5O. The van der Waals surface area contributed by atoms with Crippen molar-refractivity contribution in [2.24, 2.45) is 0 Å². The highest BCUT2D eigenvalue weighted by Crippen LogP contribution is 2.23. The zero-order valence-electron chi connectivity index (χ0n) is 13.6. The molecule has 0 aliphatic carbocycles. The molecule has 128 valence electrons. The van der Waals surface area contributed by atoms with E-state index in [0.717, 1.165) is 37.6 Å². The number of aromatic amines is 1. The molecule has 0 unspecified atom stereocenters. The molecule has 1 aliphatic heterocycles. The van der Waals surface area contributed by atoms with Crippen molar-refractivity contribution in [1.82, 2.24) is 15.2 Å². The van der Waals surface area contributed by atoms with E-state index in [1.165, 1.54) is 5.69 Å². The average Bonchev–Trinajstić information content (AvgIpc) is 3.12. The molecule has 2 N–H and O–H groups in total. The van der Waals surface area contributed by atoms with Gasteiger partial charge in [-0.15, -0.1) is 5.10 Å². The molecule has 7 heteroatoms. The first kappa shape index (κ1) is 15.9. The van der Waals surface area contributed by atoms with Crippen LogP contribution in [0, 0.1) is 0 Å². The van der Waals surface area contributed by atoms with Gasteiger partial charge in [-0.3, -0.25) is 5.10 Å². The van der Waals surface area contributed by atoms with Crippen LogP contribution in [0.2, 0.25) is 5.02 Å². The number of aromatic nitrogens is 3. The van der Waals surface area contributed by atoms with E-state index in [-0.39, 0.29) is 0 Å². The third-order valence-electron chi connectivity index (χ3n) is 4.08. The minimum Gasteiger partial charge on any atom is -0.378 e. The molecule has 6 nitrogen and oxygen atoms in total. The van der Waals surface area contributed by atoms with Crippen molar-refractivity contribution in [2.45, 2.75) is 0 Å². The Morgan fingerprint density at radius 3 is 2.64 bits per heavy atom. The van der Waals surface area contributed by atoms with Gasteiger partial charge in [-0.25, -0.2) is 0 Å². The van der Waals surface area contributed by atoms with Crippen LogP contribution in [0.1, 0.15) is 0 Å². The molecule has 2 aromatic carbocycles. The van der Waals surface area contributed by atoms with Crippen LogP contribution < -0.4 is 10.2 Å². The van der Waals surface area contributed by atoms with E-state index in [1.807, 2.05) is 36.4 Å². The Morgan fingerprint density at radius 1 is 1.08 bits per heavy atom. The minimum absolute atomic E-state index is 0.522. The highest BCUT2D eigenvalue weighted by atomic mass is 35.5. The molecule has 0 spiro atoms. The highest BCUT2D eigenvalue weighted by Gasteiger charge is 2.11. The number of H-pyrrole nitrogens is 1. The number of hydrogen-bond acceptors (Lipinski definition) is 5. The first-order chi connectivity index (χ1) is 12.3. The second kappa shape index (κ2) is 7.13. The van der Waals surface area contributed by atoms with Crippen LogP contribution in [-0.2, 0) is 4.74 Å². The monoisotopic (exact) mass is 355 g/mol. The molecule has 0 atom stereocenters. The summed E-state index contributed by atoms with van der Waals surface area (Å²) in [4.78, 5) is 6.78. The molecule has 0 saturated carbocycles. The first-order valence-electron chi connectivity index (χ1n) is 8.16. The Hall–Kier alpha value is -2.57. The fraction of sp³-hybridized carbons (Fsp3) is 0.222. The van der Waals surface area contributed by atoms with Crippen molar-refractivity contribution >= 4 is 28.9 Å². The van der Waals surface area contributed by atoms with E-state index in [1.54, 1.807) is 0 Å². The molecule has 3 aromatic rings. The van der Waals surface area contributed by atoms with Crippen molar-refractivity contribution in [3.63, 3.8) is 0 Å². The molecule has 0 radical (unpaired) electrons. The number of ether oxygens (including phenoxy) is 1. The number of hydrogen-bond donors (Lipinski definition) is 2. The topological polar surface area (TPSA) is 66.1 Å². The molecule has 1 fully saturated rings. The van der Waals surface area contributed by atoms with Gasteiger partial charge in [0, 0.05) is 35.1 Å². The zero-order valence-corrected chi connectivity index (χ0v) is 14.3. The number of rotatable bonds is 4. The van der Waals surface area contributed by atoms with Gasteiger partial charge in [0.1, 0.15) is 0 Å². The lowest BCUT2D eigenvalue weighted by Gasteiger charge is -2.28. The fourth-order valence-corrected chi connectivity index (χ4v) is 2.98. The molecule has 2 heterocycles. The number of nitrogens with one attached hydrogen (secondary N) is 2.